The maximum absolute atomic E-state index is 12.3. The minimum absolute atomic E-state index is 0.289. The van der Waals surface area contributed by atoms with Crippen LogP contribution in [-0.4, -0.2) is 28.8 Å². The van der Waals surface area contributed by atoms with E-state index in [4.69, 9.17) is 9.68 Å². The quantitative estimate of drug-likeness (QED) is 0.640. The molecule has 150 valence electrons. The second-order valence-corrected chi connectivity index (χ2v) is 6.89. The Labute approximate surface area is 161 Å². The predicted molar refractivity (Wildman–Crippen MR) is 96.1 cm³/mol. The van der Waals surface area contributed by atoms with E-state index in [0.717, 1.165) is 18.5 Å². The van der Waals surface area contributed by atoms with Crippen LogP contribution in [0.2, 0.25) is 0 Å². The van der Waals surface area contributed by atoms with Crippen molar-refractivity contribution in [1.82, 2.24) is 9.88 Å². The number of ether oxygens (including phenoxy) is 1. The van der Waals surface area contributed by atoms with E-state index in [1.807, 2.05) is 0 Å². The van der Waals surface area contributed by atoms with Gasteiger partial charge >= 0.3 is 6.36 Å². The Morgan fingerprint density at radius 1 is 1.18 bits per heavy atom. The molecule has 2 aromatic rings. The van der Waals surface area contributed by atoms with E-state index in [1.54, 1.807) is 6.26 Å². The molecule has 1 fully saturated rings. The minimum Gasteiger partial charge on any atom is -0.444 e. The molecular formula is C20H22F3N3O2. The molecule has 0 aliphatic heterocycles. The number of oxazole rings is 1. The van der Waals surface area contributed by atoms with Gasteiger partial charge in [0.05, 0.1) is 11.8 Å². The molecule has 0 atom stereocenters. The van der Waals surface area contributed by atoms with Crippen LogP contribution in [0.25, 0.3) is 11.5 Å². The summed E-state index contributed by atoms with van der Waals surface area (Å²) in [7, 11) is 0. The number of hydrogen-bond acceptors (Lipinski definition) is 5. The zero-order valence-corrected chi connectivity index (χ0v) is 15.4. The Morgan fingerprint density at radius 2 is 1.89 bits per heavy atom. The molecular weight excluding hydrogens is 371 g/mol. The molecule has 0 amide bonds. The van der Waals surface area contributed by atoms with Crippen LogP contribution in [0.15, 0.2) is 34.9 Å². The van der Waals surface area contributed by atoms with Gasteiger partial charge in [0.25, 0.3) is 0 Å². The number of nitriles is 1. The first-order chi connectivity index (χ1) is 13.4. The van der Waals surface area contributed by atoms with Crippen molar-refractivity contribution in [2.75, 3.05) is 6.54 Å². The van der Waals surface area contributed by atoms with Gasteiger partial charge in [0.1, 0.15) is 12.0 Å². The van der Waals surface area contributed by atoms with Gasteiger partial charge in [-0.2, -0.15) is 5.26 Å². The molecule has 0 bridgehead atoms. The molecule has 1 aromatic heterocycles. The predicted octanol–water partition coefficient (Wildman–Crippen LogP) is 5.29. The van der Waals surface area contributed by atoms with Crippen molar-refractivity contribution in [3.05, 3.63) is 36.2 Å². The number of halogens is 3. The van der Waals surface area contributed by atoms with E-state index in [-0.39, 0.29) is 5.75 Å². The Kier molecular flexibility index (Phi) is 6.57. The molecule has 0 N–H and O–H groups in total. The Balaban J connectivity index is 1.67. The van der Waals surface area contributed by atoms with Crippen molar-refractivity contribution in [2.24, 2.45) is 0 Å². The van der Waals surface area contributed by atoms with Crippen molar-refractivity contribution in [3.63, 3.8) is 0 Å². The standard InChI is InChI=1S/C20H22F3N3O2/c21-20(22,23)28-18-9-7-15(8-10-18)19-25-16(14-27-19)13-26(12-4-11-24)17-5-2-1-3-6-17/h7-10,14,17H,1-6,12-13H2. The van der Waals surface area contributed by atoms with Crippen LogP contribution in [0.4, 0.5) is 13.2 Å². The second kappa shape index (κ2) is 9.11. The molecule has 0 saturated heterocycles. The SMILES string of the molecule is N#CCCN(Cc1coc(-c2ccc(OC(F)(F)F)cc2)n1)C1CCCCC1. The smallest absolute Gasteiger partial charge is 0.444 e. The first-order valence-electron chi connectivity index (χ1n) is 9.36. The summed E-state index contributed by atoms with van der Waals surface area (Å²) in [5, 5.41) is 8.93. The van der Waals surface area contributed by atoms with Crippen LogP contribution in [0.3, 0.4) is 0 Å². The fourth-order valence-corrected chi connectivity index (χ4v) is 3.55. The topological polar surface area (TPSA) is 62.3 Å². The van der Waals surface area contributed by atoms with E-state index in [1.165, 1.54) is 43.5 Å². The number of rotatable bonds is 7. The maximum atomic E-state index is 12.3. The average Bonchev–Trinajstić information content (AvgIpc) is 3.14. The summed E-state index contributed by atoms with van der Waals surface area (Å²) >= 11 is 0. The molecule has 8 heteroatoms. The summed E-state index contributed by atoms with van der Waals surface area (Å²) in [6, 6.07) is 8.06. The third-order valence-electron chi connectivity index (χ3n) is 4.85. The zero-order chi connectivity index (χ0) is 20.0. The number of benzene rings is 1. The first kappa shape index (κ1) is 20.2. The van der Waals surface area contributed by atoms with Gasteiger partial charge in [0.15, 0.2) is 0 Å². The van der Waals surface area contributed by atoms with Crippen LogP contribution in [0, 0.1) is 11.3 Å². The highest BCUT2D eigenvalue weighted by atomic mass is 19.4. The van der Waals surface area contributed by atoms with Gasteiger partial charge in [-0.1, -0.05) is 19.3 Å². The Morgan fingerprint density at radius 3 is 2.54 bits per heavy atom. The molecule has 0 spiro atoms. The zero-order valence-electron chi connectivity index (χ0n) is 15.4. The molecule has 1 aliphatic rings. The van der Waals surface area contributed by atoms with Crippen LogP contribution >= 0.6 is 0 Å². The number of hydrogen-bond donors (Lipinski definition) is 0. The van der Waals surface area contributed by atoms with Crippen molar-refractivity contribution in [1.29, 1.82) is 5.26 Å². The summed E-state index contributed by atoms with van der Waals surface area (Å²) in [4.78, 5) is 6.76. The van der Waals surface area contributed by atoms with Gasteiger partial charge in [-0.25, -0.2) is 4.98 Å². The van der Waals surface area contributed by atoms with Gasteiger partial charge in [0.2, 0.25) is 5.89 Å². The molecule has 1 aromatic carbocycles. The van der Waals surface area contributed by atoms with E-state index in [0.29, 0.717) is 37.0 Å². The normalized spacial score (nSPS) is 15.5. The summed E-state index contributed by atoms with van der Waals surface area (Å²) in [5.41, 5.74) is 1.32. The molecule has 28 heavy (non-hydrogen) atoms. The second-order valence-electron chi connectivity index (χ2n) is 6.89. The molecule has 0 unspecified atom stereocenters. The number of aromatic nitrogens is 1. The molecule has 1 heterocycles. The van der Waals surface area contributed by atoms with Gasteiger partial charge in [-0.05, 0) is 37.1 Å². The van der Waals surface area contributed by atoms with Crippen molar-refractivity contribution in [3.8, 4) is 23.3 Å². The monoisotopic (exact) mass is 393 g/mol. The van der Waals surface area contributed by atoms with Crippen molar-refractivity contribution >= 4 is 0 Å². The summed E-state index contributed by atoms with van der Waals surface area (Å²) in [6.45, 7) is 1.28. The molecule has 1 saturated carbocycles. The highest BCUT2D eigenvalue weighted by molar-refractivity contribution is 5.54. The maximum Gasteiger partial charge on any atom is 0.573 e. The molecule has 3 rings (SSSR count). The highest BCUT2D eigenvalue weighted by Crippen LogP contribution is 2.28. The molecule has 1 aliphatic carbocycles. The fourth-order valence-electron chi connectivity index (χ4n) is 3.55. The van der Waals surface area contributed by atoms with E-state index >= 15 is 0 Å². The lowest BCUT2D eigenvalue weighted by Crippen LogP contribution is -2.37. The molecule has 5 nitrogen and oxygen atoms in total. The summed E-state index contributed by atoms with van der Waals surface area (Å²) in [6.07, 6.45) is 3.20. The Bertz CT molecular complexity index is 790. The van der Waals surface area contributed by atoms with Gasteiger partial charge in [0, 0.05) is 31.1 Å². The lowest BCUT2D eigenvalue weighted by Gasteiger charge is -2.33. The van der Waals surface area contributed by atoms with Crippen LogP contribution < -0.4 is 4.74 Å². The Hall–Kier alpha value is -2.53. The first-order valence-corrected chi connectivity index (χ1v) is 9.36. The minimum atomic E-state index is -4.72. The summed E-state index contributed by atoms with van der Waals surface area (Å²) < 4.78 is 46.2. The number of nitrogens with zero attached hydrogens (tertiary/aromatic N) is 3. The summed E-state index contributed by atoms with van der Waals surface area (Å²) in [5.74, 6) is 0.0560. The third-order valence-corrected chi connectivity index (χ3v) is 4.85. The van der Waals surface area contributed by atoms with Gasteiger partial charge in [-0.15, -0.1) is 13.2 Å². The van der Waals surface area contributed by atoms with Crippen LogP contribution in [-0.2, 0) is 6.54 Å². The van der Waals surface area contributed by atoms with Gasteiger partial charge in [-0.3, -0.25) is 4.90 Å². The fraction of sp³-hybridized carbons (Fsp3) is 0.500. The largest absolute Gasteiger partial charge is 0.573 e. The highest BCUT2D eigenvalue weighted by Gasteiger charge is 2.31. The van der Waals surface area contributed by atoms with Crippen molar-refractivity contribution < 1.29 is 22.3 Å². The third kappa shape index (κ3) is 5.73. The van der Waals surface area contributed by atoms with E-state index in [2.05, 4.69) is 20.7 Å². The van der Waals surface area contributed by atoms with Gasteiger partial charge < -0.3 is 9.15 Å². The average molecular weight is 393 g/mol. The van der Waals surface area contributed by atoms with Crippen LogP contribution in [0.1, 0.15) is 44.2 Å². The lowest BCUT2D eigenvalue weighted by atomic mass is 9.94. The number of alkyl halides is 3. The van der Waals surface area contributed by atoms with E-state index in [9.17, 15) is 13.2 Å². The van der Waals surface area contributed by atoms with E-state index < -0.39 is 6.36 Å². The molecule has 0 radical (unpaired) electrons. The van der Waals surface area contributed by atoms with Crippen molar-refractivity contribution in [2.45, 2.75) is 57.5 Å². The van der Waals surface area contributed by atoms with Crippen LogP contribution in [0.5, 0.6) is 5.75 Å². The lowest BCUT2D eigenvalue weighted by molar-refractivity contribution is -0.274.